The number of carbonyl (C=O) groups excluding carboxylic acids is 1. The number of piperidine rings is 1. The summed E-state index contributed by atoms with van der Waals surface area (Å²) in [6, 6.07) is 8.26. The van der Waals surface area contributed by atoms with Gasteiger partial charge >= 0.3 is 12.1 Å². The number of hydrogen-bond donors (Lipinski definition) is 1. The fraction of sp³-hybridized carbons (Fsp3) is 0.636. The topological polar surface area (TPSA) is 79.3 Å². The smallest absolute Gasteiger partial charge is 0.490 e. The van der Waals surface area contributed by atoms with Crippen molar-refractivity contribution in [2.24, 2.45) is 5.92 Å². The van der Waals surface area contributed by atoms with Crippen LogP contribution in [0, 0.1) is 5.92 Å². The van der Waals surface area contributed by atoms with Crippen LogP contribution in [0.5, 0.6) is 5.75 Å². The van der Waals surface area contributed by atoms with Crippen molar-refractivity contribution in [1.82, 2.24) is 9.80 Å². The molecule has 0 unspecified atom stereocenters. The number of fused-ring (bicyclic) bond motifs is 1. The van der Waals surface area contributed by atoms with Crippen LogP contribution in [0.3, 0.4) is 0 Å². The van der Waals surface area contributed by atoms with Gasteiger partial charge < -0.3 is 19.5 Å². The predicted molar refractivity (Wildman–Crippen MR) is 109 cm³/mol. The summed E-state index contributed by atoms with van der Waals surface area (Å²) in [5.74, 6) is -1.09. The highest BCUT2D eigenvalue weighted by Crippen LogP contribution is 2.35. The summed E-state index contributed by atoms with van der Waals surface area (Å²) in [5, 5.41) is 7.12. The van der Waals surface area contributed by atoms with Gasteiger partial charge in [0, 0.05) is 26.2 Å². The lowest BCUT2D eigenvalue weighted by Crippen LogP contribution is -2.42. The zero-order valence-corrected chi connectivity index (χ0v) is 18.0. The largest absolute Gasteiger partial charge is 0.497 e. The number of hydrogen-bond acceptors (Lipinski definition) is 5. The van der Waals surface area contributed by atoms with E-state index < -0.39 is 12.1 Å². The zero-order chi connectivity index (χ0) is 23.3. The van der Waals surface area contributed by atoms with Crippen LogP contribution in [-0.2, 0) is 20.9 Å². The van der Waals surface area contributed by atoms with Gasteiger partial charge in [0.2, 0.25) is 0 Å². The Morgan fingerprint density at radius 1 is 1.22 bits per heavy atom. The first-order chi connectivity index (χ1) is 15.2. The van der Waals surface area contributed by atoms with Crippen molar-refractivity contribution in [2.75, 3.05) is 33.3 Å². The number of alkyl halides is 3. The van der Waals surface area contributed by atoms with Crippen LogP contribution in [0.4, 0.5) is 13.2 Å². The molecule has 0 saturated carbocycles. The zero-order valence-electron chi connectivity index (χ0n) is 18.0. The number of carboxylic acids is 1. The molecule has 1 aromatic rings. The van der Waals surface area contributed by atoms with Crippen molar-refractivity contribution in [3.8, 4) is 5.75 Å². The van der Waals surface area contributed by atoms with E-state index in [9.17, 15) is 18.0 Å². The van der Waals surface area contributed by atoms with Crippen LogP contribution in [0.1, 0.15) is 31.2 Å². The molecule has 0 spiro atoms. The van der Waals surface area contributed by atoms with Crippen molar-refractivity contribution in [3.63, 3.8) is 0 Å². The molecule has 0 bridgehead atoms. The first-order valence-corrected chi connectivity index (χ1v) is 10.8. The van der Waals surface area contributed by atoms with Crippen LogP contribution < -0.4 is 4.74 Å². The Morgan fingerprint density at radius 2 is 1.91 bits per heavy atom. The highest BCUT2D eigenvalue weighted by Gasteiger charge is 2.43. The predicted octanol–water partition coefficient (Wildman–Crippen LogP) is 2.93. The van der Waals surface area contributed by atoms with Gasteiger partial charge in [-0.1, -0.05) is 12.1 Å². The maximum Gasteiger partial charge on any atom is 0.490 e. The van der Waals surface area contributed by atoms with E-state index in [1.807, 2.05) is 17.0 Å². The molecule has 0 aliphatic carbocycles. The quantitative estimate of drug-likeness (QED) is 0.748. The average molecular weight is 458 g/mol. The van der Waals surface area contributed by atoms with Gasteiger partial charge in [0.1, 0.15) is 11.9 Å². The SMILES string of the molecule is COc1cccc(CN2CC[C@H]3C[C@H](C(=O)N4CCCC4)O[C@@H]3C2)c1.O=C(O)C(F)(F)F. The highest BCUT2D eigenvalue weighted by atomic mass is 19.4. The molecule has 178 valence electrons. The van der Waals surface area contributed by atoms with E-state index in [0.717, 1.165) is 64.2 Å². The Morgan fingerprint density at radius 3 is 2.53 bits per heavy atom. The Bertz CT molecular complexity index is 798. The lowest BCUT2D eigenvalue weighted by atomic mass is 9.91. The number of rotatable bonds is 4. The average Bonchev–Trinajstić information content (AvgIpc) is 3.43. The standard InChI is InChI=1S/C20H28N2O3.C2HF3O2/c1-24-17-6-4-5-15(11-17)13-21-10-7-16-12-18(25-19(16)14-21)20(23)22-8-2-3-9-22;3-2(4,5)1(6)7/h4-6,11,16,18-19H,2-3,7-10,12-14H2,1H3;(H,6,7)/t16-,18+,19+;/m0./s1. The second-order valence-electron chi connectivity index (χ2n) is 8.37. The minimum absolute atomic E-state index is 0.204. The fourth-order valence-corrected chi connectivity index (χ4v) is 4.47. The van der Waals surface area contributed by atoms with Gasteiger partial charge in [0.25, 0.3) is 5.91 Å². The monoisotopic (exact) mass is 458 g/mol. The molecule has 10 heteroatoms. The molecule has 3 aliphatic rings. The van der Waals surface area contributed by atoms with Gasteiger partial charge in [-0.25, -0.2) is 4.79 Å². The third kappa shape index (κ3) is 6.35. The molecule has 3 saturated heterocycles. The van der Waals surface area contributed by atoms with Gasteiger partial charge in [-0.05, 0) is 55.8 Å². The summed E-state index contributed by atoms with van der Waals surface area (Å²) in [5.41, 5.74) is 1.26. The Labute approximate surface area is 185 Å². The lowest BCUT2D eigenvalue weighted by Gasteiger charge is -2.34. The molecule has 0 radical (unpaired) electrons. The summed E-state index contributed by atoms with van der Waals surface area (Å²) in [4.78, 5) is 25.9. The first kappa shape index (κ1) is 24.3. The number of carboxylic acid groups (broad SMARTS) is 1. The number of aliphatic carboxylic acids is 1. The fourth-order valence-electron chi connectivity index (χ4n) is 4.47. The molecule has 4 rings (SSSR count). The maximum absolute atomic E-state index is 12.6. The number of carbonyl (C=O) groups is 2. The van der Waals surface area contributed by atoms with Crippen LogP contribution in [0.15, 0.2) is 24.3 Å². The van der Waals surface area contributed by atoms with Crippen molar-refractivity contribution >= 4 is 11.9 Å². The van der Waals surface area contributed by atoms with Gasteiger partial charge in [-0.3, -0.25) is 9.69 Å². The van der Waals surface area contributed by atoms with Gasteiger partial charge in [-0.15, -0.1) is 0 Å². The number of ether oxygens (including phenoxy) is 2. The van der Waals surface area contributed by atoms with Crippen LogP contribution in [0.25, 0.3) is 0 Å². The molecule has 7 nitrogen and oxygen atoms in total. The van der Waals surface area contributed by atoms with Crippen LogP contribution in [-0.4, -0.2) is 78.5 Å². The van der Waals surface area contributed by atoms with Crippen molar-refractivity contribution in [3.05, 3.63) is 29.8 Å². The van der Waals surface area contributed by atoms with Crippen molar-refractivity contribution < 1.29 is 37.3 Å². The van der Waals surface area contributed by atoms with Gasteiger partial charge in [0.15, 0.2) is 0 Å². The number of likely N-dealkylation sites (tertiary alicyclic amines) is 2. The molecule has 1 amide bonds. The van der Waals surface area contributed by atoms with Crippen molar-refractivity contribution in [1.29, 1.82) is 0 Å². The number of nitrogens with zero attached hydrogens (tertiary/aromatic N) is 2. The van der Waals surface area contributed by atoms with E-state index in [4.69, 9.17) is 19.4 Å². The molecule has 3 fully saturated rings. The van der Waals surface area contributed by atoms with Crippen LogP contribution in [0.2, 0.25) is 0 Å². The summed E-state index contributed by atoms with van der Waals surface area (Å²) >= 11 is 0. The number of halogens is 3. The molecular weight excluding hydrogens is 429 g/mol. The molecule has 3 aliphatic heterocycles. The first-order valence-electron chi connectivity index (χ1n) is 10.8. The summed E-state index contributed by atoms with van der Waals surface area (Å²) < 4.78 is 43.2. The van der Waals surface area contributed by atoms with E-state index in [2.05, 4.69) is 17.0 Å². The summed E-state index contributed by atoms with van der Waals surface area (Å²) in [6.45, 7) is 4.73. The van der Waals surface area contributed by atoms with Crippen LogP contribution >= 0.6 is 0 Å². The molecule has 32 heavy (non-hydrogen) atoms. The Balaban J connectivity index is 0.000000360. The third-order valence-electron chi connectivity index (χ3n) is 6.11. The number of methoxy groups -OCH3 is 1. The van der Waals surface area contributed by atoms with Gasteiger partial charge in [0.05, 0.1) is 13.2 Å². The number of benzene rings is 1. The van der Waals surface area contributed by atoms with E-state index in [1.54, 1.807) is 7.11 Å². The maximum atomic E-state index is 12.6. The normalized spacial score (nSPS) is 25.6. The summed E-state index contributed by atoms with van der Waals surface area (Å²) in [7, 11) is 1.70. The molecule has 3 heterocycles. The van der Waals surface area contributed by atoms with Gasteiger partial charge in [-0.2, -0.15) is 13.2 Å². The molecular formula is C22H29F3N2O5. The second kappa shape index (κ2) is 10.5. The van der Waals surface area contributed by atoms with E-state index in [0.29, 0.717) is 5.92 Å². The number of amides is 1. The molecule has 3 atom stereocenters. The highest BCUT2D eigenvalue weighted by molar-refractivity contribution is 5.81. The second-order valence-corrected chi connectivity index (χ2v) is 8.37. The van der Waals surface area contributed by atoms with E-state index in [1.165, 1.54) is 5.56 Å². The van der Waals surface area contributed by atoms with E-state index >= 15 is 0 Å². The molecule has 0 aromatic heterocycles. The third-order valence-corrected chi connectivity index (χ3v) is 6.11. The lowest BCUT2D eigenvalue weighted by molar-refractivity contribution is -0.192. The summed E-state index contributed by atoms with van der Waals surface area (Å²) in [6.07, 6.45) is -0.772. The minimum atomic E-state index is -5.08. The van der Waals surface area contributed by atoms with Crippen molar-refractivity contribution in [2.45, 2.75) is 50.6 Å². The Kier molecular flexibility index (Phi) is 8.00. The molecule has 1 aromatic carbocycles. The van der Waals surface area contributed by atoms with E-state index in [-0.39, 0.29) is 18.1 Å². The molecule has 1 N–H and O–H groups in total. The Hall–Kier alpha value is -2.33. The minimum Gasteiger partial charge on any atom is -0.497 e.